The lowest BCUT2D eigenvalue weighted by molar-refractivity contribution is 0.0244. The minimum atomic E-state index is -1.18. The van der Waals surface area contributed by atoms with Crippen LogP contribution < -0.4 is 0 Å². The van der Waals surface area contributed by atoms with Crippen LogP contribution in [0.25, 0.3) is 10.4 Å². The number of nitrogens with zero attached hydrogens (tertiary/aromatic N) is 4. The number of nitriles is 1. The number of benzene rings is 1. The van der Waals surface area contributed by atoms with Gasteiger partial charge in [0, 0.05) is 4.91 Å². The van der Waals surface area contributed by atoms with Crippen LogP contribution in [0, 0.1) is 11.3 Å². The van der Waals surface area contributed by atoms with Gasteiger partial charge in [0.15, 0.2) is 0 Å². The summed E-state index contributed by atoms with van der Waals surface area (Å²) >= 11 is 0. The second kappa shape index (κ2) is 5.73. The molecule has 0 fully saturated rings. The number of hydrogen-bond donors (Lipinski definition) is 2. The fraction of sp³-hybridized carbons (Fsp3) is 0.300. The highest BCUT2D eigenvalue weighted by Crippen LogP contribution is 2.18. The van der Waals surface area contributed by atoms with E-state index in [4.69, 9.17) is 10.8 Å². The predicted molar refractivity (Wildman–Crippen MR) is 56.1 cm³/mol. The first-order valence-corrected chi connectivity index (χ1v) is 4.56. The average Bonchev–Trinajstić information content (AvgIpc) is 2.35. The van der Waals surface area contributed by atoms with Crippen LogP contribution in [0.5, 0.6) is 0 Å². The fourth-order valence-electron chi connectivity index (χ4n) is 1.23. The maximum atomic E-state index is 9.69. The predicted octanol–water partition coefficient (Wildman–Crippen LogP) is 1.26. The summed E-state index contributed by atoms with van der Waals surface area (Å²) in [5, 5.41) is 31.0. The highest BCUT2D eigenvalue weighted by atomic mass is 16.3. The third-order valence-corrected chi connectivity index (χ3v) is 2.05. The molecule has 0 amide bonds. The fourth-order valence-corrected chi connectivity index (χ4v) is 1.23. The van der Waals surface area contributed by atoms with E-state index in [2.05, 4.69) is 10.0 Å². The summed E-state index contributed by atoms with van der Waals surface area (Å²) in [4.78, 5) is 2.49. The molecule has 6 nitrogen and oxygen atoms in total. The molecule has 6 heteroatoms. The zero-order chi connectivity index (χ0) is 12.0. The Kier molecular flexibility index (Phi) is 4.30. The van der Waals surface area contributed by atoms with Gasteiger partial charge in [-0.25, -0.2) is 0 Å². The van der Waals surface area contributed by atoms with E-state index in [9.17, 15) is 10.2 Å². The van der Waals surface area contributed by atoms with Gasteiger partial charge in [0.25, 0.3) is 0 Å². The van der Waals surface area contributed by atoms with Crippen molar-refractivity contribution in [2.75, 3.05) is 6.54 Å². The Morgan fingerprint density at radius 3 is 2.88 bits per heavy atom. The van der Waals surface area contributed by atoms with Gasteiger partial charge in [-0.15, -0.1) is 0 Å². The van der Waals surface area contributed by atoms with E-state index in [-0.39, 0.29) is 6.54 Å². The molecular weight excluding hydrogens is 208 g/mol. The summed E-state index contributed by atoms with van der Waals surface area (Å²) < 4.78 is 0. The molecule has 0 heterocycles. The van der Waals surface area contributed by atoms with E-state index in [0.717, 1.165) is 0 Å². The molecule has 2 unspecified atom stereocenters. The first-order valence-electron chi connectivity index (χ1n) is 4.56. The van der Waals surface area contributed by atoms with Crippen molar-refractivity contribution >= 4 is 0 Å². The van der Waals surface area contributed by atoms with Crippen molar-refractivity contribution in [2.45, 2.75) is 12.2 Å². The normalized spacial score (nSPS) is 13.3. The molecule has 0 spiro atoms. The SMILES string of the molecule is N#Cc1cccc(C(O)C(O)CN=[N+]=[N-])c1. The van der Waals surface area contributed by atoms with E-state index in [0.29, 0.717) is 11.1 Å². The van der Waals surface area contributed by atoms with Gasteiger partial charge in [0.2, 0.25) is 0 Å². The maximum Gasteiger partial charge on any atom is 0.105 e. The third-order valence-electron chi connectivity index (χ3n) is 2.05. The molecule has 2 atom stereocenters. The molecule has 2 N–H and O–H groups in total. The van der Waals surface area contributed by atoms with E-state index in [1.165, 1.54) is 6.07 Å². The van der Waals surface area contributed by atoms with Gasteiger partial charge in [0.05, 0.1) is 24.3 Å². The lowest BCUT2D eigenvalue weighted by atomic mass is 10.0. The number of azide groups is 1. The van der Waals surface area contributed by atoms with Crippen molar-refractivity contribution in [1.29, 1.82) is 5.26 Å². The molecule has 1 aromatic rings. The van der Waals surface area contributed by atoms with Gasteiger partial charge in [-0.2, -0.15) is 5.26 Å². The molecular formula is C10H10N4O2. The van der Waals surface area contributed by atoms with E-state index in [1.807, 2.05) is 6.07 Å². The van der Waals surface area contributed by atoms with Crippen LogP contribution in [0.1, 0.15) is 17.2 Å². The maximum absolute atomic E-state index is 9.69. The quantitative estimate of drug-likeness (QED) is 0.450. The van der Waals surface area contributed by atoms with Gasteiger partial charge < -0.3 is 10.2 Å². The minimum absolute atomic E-state index is 0.214. The van der Waals surface area contributed by atoms with Crippen LogP contribution in [-0.4, -0.2) is 22.9 Å². The Balaban J connectivity index is 2.83. The number of aliphatic hydroxyl groups is 2. The van der Waals surface area contributed by atoms with Gasteiger partial charge in [-0.3, -0.25) is 0 Å². The Bertz CT molecular complexity index is 448. The minimum Gasteiger partial charge on any atom is -0.390 e. The largest absolute Gasteiger partial charge is 0.390 e. The van der Waals surface area contributed by atoms with Crippen LogP contribution >= 0.6 is 0 Å². The van der Waals surface area contributed by atoms with Gasteiger partial charge in [-0.1, -0.05) is 17.2 Å². The standard InChI is InChI=1S/C10H10N4O2/c11-5-7-2-1-3-8(4-7)10(16)9(15)6-13-14-12/h1-4,9-10,15-16H,6H2. The monoisotopic (exact) mass is 218 g/mol. The lowest BCUT2D eigenvalue weighted by Gasteiger charge is -2.16. The molecule has 0 aliphatic carbocycles. The molecule has 16 heavy (non-hydrogen) atoms. The zero-order valence-electron chi connectivity index (χ0n) is 8.35. The summed E-state index contributed by atoms with van der Waals surface area (Å²) in [6.07, 6.45) is -2.34. The molecule has 1 rings (SSSR count). The summed E-state index contributed by atoms with van der Waals surface area (Å²) in [5.74, 6) is 0. The molecule has 82 valence electrons. The van der Waals surface area contributed by atoms with E-state index < -0.39 is 12.2 Å². The summed E-state index contributed by atoms with van der Waals surface area (Å²) in [5.41, 5.74) is 8.88. The Labute approximate surface area is 92.0 Å². The molecule has 0 saturated heterocycles. The second-order valence-electron chi connectivity index (χ2n) is 3.16. The topological polar surface area (TPSA) is 113 Å². The van der Waals surface area contributed by atoms with Gasteiger partial charge >= 0.3 is 0 Å². The van der Waals surface area contributed by atoms with Crippen molar-refractivity contribution in [3.63, 3.8) is 0 Å². The van der Waals surface area contributed by atoms with Gasteiger partial charge in [0.1, 0.15) is 6.10 Å². The molecule has 1 aromatic carbocycles. The molecule has 0 radical (unpaired) electrons. The lowest BCUT2D eigenvalue weighted by Crippen LogP contribution is -2.21. The number of aliphatic hydroxyl groups excluding tert-OH is 2. The van der Waals surface area contributed by atoms with Crippen molar-refractivity contribution in [2.24, 2.45) is 5.11 Å². The van der Waals surface area contributed by atoms with E-state index in [1.54, 1.807) is 18.2 Å². The average molecular weight is 218 g/mol. The second-order valence-corrected chi connectivity index (χ2v) is 3.16. The molecule has 0 aliphatic rings. The van der Waals surface area contributed by atoms with E-state index >= 15 is 0 Å². The Hall–Kier alpha value is -2.06. The summed E-state index contributed by atoms with van der Waals surface area (Å²) in [7, 11) is 0. The van der Waals surface area contributed by atoms with Crippen LogP contribution in [-0.2, 0) is 0 Å². The van der Waals surface area contributed by atoms with Crippen LogP contribution in [0.3, 0.4) is 0 Å². The van der Waals surface area contributed by atoms with Crippen LogP contribution in [0.2, 0.25) is 0 Å². The smallest absolute Gasteiger partial charge is 0.105 e. The molecule has 0 aromatic heterocycles. The number of rotatable bonds is 4. The third kappa shape index (κ3) is 2.97. The Morgan fingerprint density at radius 1 is 1.50 bits per heavy atom. The van der Waals surface area contributed by atoms with Crippen molar-refractivity contribution in [3.8, 4) is 6.07 Å². The van der Waals surface area contributed by atoms with Gasteiger partial charge in [-0.05, 0) is 23.2 Å². The first kappa shape index (κ1) is 12.0. The summed E-state index contributed by atoms with van der Waals surface area (Å²) in [6.45, 7) is -0.214. The van der Waals surface area contributed by atoms with Crippen molar-refractivity contribution in [1.82, 2.24) is 0 Å². The highest BCUT2D eigenvalue weighted by Gasteiger charge is 2.17. The first-order chi connectivity index (χ1) is 7.69. The molecule has 0 bridgehead atoms. The van der Waals surface area contributed by atoms with Crippen LogP contribution in [0.4, 0.5) is 0 Å². The summed E-state index contributed by atoms with van der Waals surface area (Å²) in [6, 6.07) is 8.20. The Morgan fingerprint density at radius 2 is 2.25 bits per heavy atom. The number of hydrogen-bond acceptors (Lipinski definition) is 4. The molecule has 0 saturated carbocycles. The molecule has 0 aliphatic heterocycles. The van der Waals surface area contributed by atoms with Crippen molar-refractivity contribution in [3.05, 3.63) is 45.8 Å². The zero-order valence-corrected chi connectivity index (χ0v) is 8.35. The van der Waals surface area contributed by atoms with Crippen molar-refractivity contribution < 1.29 is 10.2 Å². The highest BCUT2D eigenvalue weighted by molar-refractivity contribution is 5.34. The van der Waals surface area contributed by atoms with Crippen LogP contribution in [0.15, 0.2) is 29.4 Å².